The summed E-state index contributed by atoms with van der Waals surface area (Å²) in [6.45, 7) is 7.28. The smallest absolute Gasteiger partial charge is 0.271 e. The quantitative estimate of drug-likeness (QED) is 0.564. The van der Waals surface area contributed by atoms with Crippen molar-refractivity contribution >= 4 is 22.6 Å². The Labute approximate surface area is 197 Å². The molecule has 2 aromatic heterocycles. The van der Waals surface area contributed by atoms with E-state index in [4.69, 9.17) is 14.5 Å². The highest BCUT2D eigenvalue weighted by Crippen LogP contribution is 2.45. The van der Waals surface area contributed by atoms with Crippen LogP contribution in [0.2, 0.25) is 0 Å². The second-order valence-electron chi connectivity index (χ2n) is 9.11. The van der Waals surface area contributed by atoms with Crippen LogP contribution in [0, 0.1) is 0 Å². The number of hydrogen-bond donors (Lipinski definition) is 1. The van der Waals surface area contributed by atoms with Gasteiger partial charge < -0.3 is 9.47 Å². The summed E-state index contributed by atoms with van der Waals surface area (Å²) in [4.78, 5) is 22.2. The van der Waals surface area contributed by atoms with E-state index in [-0.39, 0.29) is 22.5 Å². The summed E-state index contributed by atoms with van der Waals surface area (Å²) in [6.07, 6.45) is 3.45. The molecule has 4 heterocycles. The Morgan fingerprint density at radius 1 is 1.24 bits per heavy atom. The normalized spacial score (nSPS) is 21.8. The van der Waals surface area contributed by atoms with Crippen LogP contribution < -0.4 is 10.3 Å². The van der Waals surface area contributed by atoms with E-state index in [2.05, 4.69) is 23.9 Å². The number of aromatic amines is 1. The Morgan fingerprint density at radius 3 is 2.79 bits per heavy atom. The van der Waals surface area contributed by atoms with Gasteiger partial charge in [0.05, 0.1) is 33.2 Å². The molecule has 0 bridgehead atoms. The molecule has 172 valence electrons. The Hall–Kier alpha value is -2.84. The predicted octanol–water partition coefficient (Wildman–Crippen LogP) is 5.17. The summed E-state index contributed by atoms with van der Waals surface area (Å²) in [5.74, 6) is 1.52. The fourth-order valence-corrected chi connectivity index (χ4v) is 5.61. The largest absolute Gasteiger partial charge is 0.487 e. The first kappa shape index (κ1) is 22.0. The van der Waals surface area contributed by atoms with Crippen molar-refractivity contribution in [2.75, 3.05) is 6.61 Å². The van der Waals surface area contributed by atoms with Crippen LogP contribution in [-0.2, 0) is 11.3 Å². The Kier molecular flexibility index (Phi) is 5.88. The molecule has 33 heavy (non-hydrogen) atoms. The summed E-state index contributed by atoms with van der Waals surface area (Å²) < 4.78 is 13.7. The second kappa shape index (κ2) is 8.83. The molecule has 1 fully saturated rings. The van der Waals surface area contributed by atoms with Crippen LogP contribution in [0.1, 0.15) is 61.7 Å². The number of aromatic nitrogens is 3. The van der Waals surface area contributed by atoms with Gasteiger partial charge in [-0.15, -0.1) is 0 Å². The summed E-state index contributed by atoms with van der Waals surface area (Å²) in [5.41, 5.74) is 2.36. The van der Waals surface area contributed by atoms with Gasteiger partial charge in [-0.1, -0.05) is 30.0 Å². The lowest BCUT2D eigenvalue weighted by atomic mass is 9.94. The van der Waals surface area contributed by atoms with Crippen molar-refractivity contribution in [2.45, 2.75) is 57.1 Å². The number of ether oxygens (including phenoxy) is 2. The lowest BCUT2D eigenvalue weighted by Gasteiger charge is -2.36. The van der Waals surface area contributed by atoms with Crippen LogP contribution in [0.5, 0.6) is 5.75 Å². The monoisotopic (exact) mass is 464 g/mol. The van der Waals surface area contributed by atoms with Gasteiger partial charge in [0, 0.05) is 12.8 Å². The van der Waals surface area contributed by atoms with Crippen molar-refractivity contribution in [2.24, 2.45) is 4.99 Å². The first-order valence-electron chi connectivity index (χ1n) is 11.2. The number of benzene rings is 1. The molecule has 2 atom stereocenters. The highest BCUT2D eigenvalue weighted by molar-refractivity contribution is 8.14. The minimum Gasteiger partial charge on any atom is -0.487 e. The third-order valence-electron chi connectivity index (χ3n) is 6.08. The van der Waals surface area contributed by atoms with Gasteiger partial charge in [-0.2, -0.15) is 0 Å². The van der Waals surface area contributed by atoms with Crippen LogP contribution in [0.4, 0.5) is 5.82 Å². The molecule has 8 heteroatoms. The molecule has 1 aromatic carbocycles. The van der Waals surface area contributed by atoms with Gasteiger partial charge in [-0.3, -0.25) is 19.6 Å². The van der Waals surface area contributed by atoms with Gasteiger partial charge in [0.1, 0.15) is 12.4 Å². The Bertz CT molecular complexity index is 1210. The molecule has 0 aliphatic carbocycles. The van der Waals surface area contributed by atoms with E-state index in [1.165, 1.54) is 0 Å². The van der Waals surface area contributed by atoms with Gasteiger partial charge in [0.2, 0.25) is 0 Å². The molecule has 3 aromatic rings. The van der Waals surface area contributed by atoms with Gasteiger partial charge in [0.15, 0.2) is 5.82 Å². The number of H-pyrrole nitrogens is 1. The van der Waals surface area contributed by atoms with Crippen LogP contribution in [-0.4, -0.2) is 32.0 Å². The van der Waals surface area contributed by atoms with Crippen molar-refractivity contribution < 1.29 is 9.47 Å². The zero-order chi connectivity index (χ0) is 23.0. The maximum atomic E-state index is 13.1. The number of rotatable bonds is 5. The summed E-state index contributed by atoms with van der Waals surface area (Å²) >= 11 is 1.61. The Balaban J connectivity index is 1.40. The first-order valence-corrected chi connectivity index (χ1v) is 12.1. The number of hydrogen-bond acceptors (Lipinski definition) is 6. The number of nitrogens with zero attached hydrogens (tertiary/aromatic N) is 3. The molecule has 5 rings (SSSR count). The van der Waals surface area contributed by atoms with Crippen molar-refractivity contribution in [1.29, 1.82) is 0 Å². The zero-order valence-corrected chi connectivity index (χ0v) is 19.9. The predicted molar refractivity (Wildman–Crippen MR) is 131 cm³/mol. The standard InChI is InChI=1S/C25H28N4O3S/c1-16-27-23-21(24(30)28-29(23)19-11-13-32-25(2,3)14-19)22(33-16)17-7-9-20(10-8-17)31-15-18-6-4-5-12-26-18/h4-10,12,19,22H,11,13-15H2,1-3H3,(H,28,30)/t19-,22+/m0/s1. The van der Waals surface area contributed by atoms with Crippen molar-refractivity contribution in [3.63, 3.8) is 0 Å². The highest BCUT2D eigenvalue weighted by atomic mass is 32.2. The summed E-state index contributed by atoms with van der Waals surface area (Å²) in [5, 5.41) is 3.92. The van der Waals surface area contributed by atoms with Gasteiger partial charge >= 0.3 is 0 Å². The third kappa shape index (κ3) is 4.63. The van der Waals surface area contributed by atoms with E-state index in [0.29, 0.717) is 13.2 Å². The molecule has 0 amide bonds. The molecule has 2 aliphatic heterocycles. The van der Waals surface area contributed by atoms with E-state index in [9.17, 15) is 4.79 Å². The molecule has 0 unspecified atom stereocenters. The molecule has 7 nitrogen and oxygen atoms in total. The molecular formula is C25H28N4O3S. The average Bonchev–Trinajstić information content (AvgIpc) is 3.14. The molecular weight excluding hydrogens is 436 g/mol. The molecule has 2 aliphatic rings. The first-order chi connectivity index (χ1) is 15.9. The SMILES string of the molecule is CC1=Nc2c(c(=O)[nH]n2[C@H]2CCOC(C)(C)C2)[C@@H](c2ccc(OCc3ccccn3)cc2)S1. The summed E-state index contributed by atoms with van der Waals surface area (Å²) in [6, 6.07) is 13.9. The second-order valence-corrected chi connectivity index (χ2v) is 10.4. The number of pyridine rings is 1. The molecule has 1 N–H and O–H groups in total. The fourth-order valence-electron chi connectivity index (χ4n) is 4.51. The van der Waals surface area contributed by atoms with Gasteiger partial charge in [-0.05, 0) is 63.4 Å². The lowest BCUT2D eigenvalue weighted by Crippen LogP contribution is -2.35. The molecule has 1 saturated heterocycles. The highest BCUT2D eigenvalue weighted by Gasteiger charge is 2.35. The van der Waals surface area contributed by atoms with E-state index in [1.807, 2.05) is 54.1 Å². The number of aliphatic imine (C=N–C) groups is 1. The number of fused-ring (bicyclic) bond motifs is 1. The van der Waals surface area contributed by atoms with Gasteiger partial charge in [0.25, 0.3) is 5.56 Å². The van der Waals surface area contributed by atoms with E-state index < -0.39 is 0 Å². The van der Waals surface area contributed by atoms with Crippen molar-refractivity contribution in [3.05, 3.63) is 75.8 Å². The van der Waals surface area contributed by atoms with E-state index >= 15 is 0 Å². The maximum absolute atomic E-state index is 13.1. The van der Waals surface area contributed by atoms with Crippen LogP contribution in [0.25, 0.3) is 0 Å². The molecule has 0 spiro atoms. The van der Waals surface area contributed by atoms with Crippen molar-refractivity contribution in [1.82, 2.24) is 14.8 Å². The van der Waals surface area contributed by atoms with E-state index in [1.54, 1.807) is 18.0 Å². The van der Waals surface area contributed by atoms with E-state index in [0.717, 1.165) is 46.3 Å². The number of thioether (sulfide) groups is 1. The molecule has 0 saturated carbocycles. The summed E-state index contributed by atoms with van der Waals surface area (Å²) in [7, 11) is 0. The zero-order valence-electron chi connectivity index (χ0n) is 19.1. The molecule has 0 radical (unpaired) electrons. The van der Waals surface area contributed by atoms with Crippen LogP contribution in [0.3, 0.4) is 0 Å². The lowest BCUT2D eigenvalue weighted by molar-refractivity contribution is -0.0705. The fraction of sp³-hybridized carbons (Fsp3) is 0.400. The third-order valence-corrected chi connectivity index (χ3v) is 7.26. The van der Waals surface area contributed by atoms with Crippen LogP contribution >= 0.6 is 11.8 Å². The average molecular weight is 465 g/mol. The van der Waals surface area contributed by atoms with Crippen LogP contribution in [0.15, 0.2) is 58.4 Å². The number of nitrogens with one attached hydrogen (secondary N) is 1. The minimum atomic E-state index is -0.219. The van der Waals surface area contributed by atoms with Crippen molar-refractivity contribution in [3.8, 4) is 5.75 Å². The van der Waals surface area contributed by atoms with Gasteiger partial charge in [-0.25, -0.2) is 4.99 Å². The maximum Gasteiger partial charge on any atom is 0.271 e. The minimum absolute atomic E-state index is 0.0708. The Morgan fingerprint density at radius 2 is 2.06 bits per heavy atom. The topological polar surface area (TPSA) is 81.5 Å².